The number of rotatable bonds is 6. The molecule has 1 saturated carbocycles. The molecule has 1 aliphatic rings. The monoisotopic (exact) mass is 349 g/mol. The number of anilines is 2. The highest BCUT2D eigenvalue weighted by atomic mass is 16.5. The molecular weight excluding hydrogens is 322 g/mol. The minimum absolute atomic E-state index is 0.305. The molecule has 1 fully saturated rings. The van der Waals surface area contributed by atoms with E-state index < -0.39 is 6.09 Å². The molecule has 25 heavy (non-hydrogen) atoms. The van der Waals surface area contributed by atoms with Gasteiger partial charge in [-0.1, -0.05) is 25.8 Å². The largest absolute Gasteiger partial charge is 0.453 e. The van der Waals surface area contributed by atoms with Crippen molar-refractivity contribution in [2.24, 2.45) is 5.92 Å². The van der Waals surface area contributed by atoms with Gasteiger partial charge >= 0.3 is 12.1 Å². The Balaban J connectivity index is 1.69. The summed E-state index contributed by atoms with van der Waals surface area (Å²) < 4.78 is 10.4. The van der Waals surface area contributed by atoms with Gasteiger partial charge < -0.3 is 20.1 Å². The number of amides is 3. The molecule has 0 heterocycles. The minimum atomic E-state index is -0.560. The summed E-state index contributed by atoms with van der Waals surface area (Å²) in [6, 6.07) is 6.52. The van der Waals surface area contributed by atoms with E-state index in [1.54, 1.807) is 24.3 Å². The van der Waals surface area contributed by atoms with Gasteiger partial charge in [-0.05, 0) is 37.0 Å². The molecule has 0 bridgehead atoms. The molecule has 7 heteroatoms. The van der Waals surface area contributed by atoms with Crippen LogP contribution >= 0.6 is 0 Å². The summed E-state index contributed by atoms with van der Waals surface area (Å²) >= 11 is 0. The summed E-state index contributed by atoms with van der Waals surface area (Å²) in [4.78, 5) is 23.1. The van der Waals surface area contributed by atoms with Gasteiger partial charge in [-0.15, -0.1) is 0 Å². The Bertz CT molecular complexity index is 579. The van der Waals surface area contributed by atoms with Gasteiger partial charge in [-0.25, -0.2) is 9.59 Å². The number of carbonyl (C=O) groups is 2. The number of urea groups is 1. The topological polar surface area (TPSA) is 88.7 Å². The van der Waals surface area contributed by atoms with E-state index in [0.29, 0.717) is 36.5 Å². The fourth-order valence-electron chi connectivity index (χ4n) is 2.92. The summed E-state index contributed by atoms with van der Waals surface area (Å²) in [5, 5.41) is 8.04. The Hall–Kier alpha value is -2.28. The van der Waals surface area contributed by atoms with Crippen LogP contribution in [0.5, 0.6) is 0 Å². The van der Waals surface area contributed by atoms with Gasteiger partial charge in [0.2, 0.25) is 0 Å². The zero-order chi connectivity index (χ0) is 18.1. The van der Waals surface area contributed by atoms with Crippen molar-refractivity contribution < 1.29 is 19.1 Å². The van der Waals surface area contributed by atoms with Crippen LogP contribution in [0.3, 0.4) is 0 Å². The lowest BCUT2D eigenvalue weighted by molar-refractivity contribution is -0.00232. The maximum atomic E-state index is 11.9. The first-order chi connectivity index (χ1) is 12.1. The van der Waals surface area contributed by atoms with Crippen LogP contribution in [0, 0.1) is 5.92 Å². The molecule has 0 unspecified atom stereocenters. The van der Waals surface area contributed by atoms with E-state index in [0.717, 1.165) is 6.42 Å². The Labute approximate surface area is 148 Å². The highest BCUT2D eigenvalue weighted by Gasteiger charge is 2.21. The number of benzene rings is 1. The van der Waals surface area contributed by atoms with Crippen LogP contribution < -0.4 is 16.0 Å². The molecule has 0 aromatic heterocycles. The highest BCUT2D eigenvalue weighted by Crippen LogP contribution is 2.26. The third kappa shape index (κ3) is 6.62. The normalized spacial score (nSPS) is 19.8. The number of nitrogens with one attached hydrogen (secondary N) is 3. The molecular formula is C18H27N3O4. The van der Waals surface area contributed by atoms with Crippen LogP contribution in [-0.4, -0.2) is 38.5 Å². The Morgan fingerprint density at radius 2 is 1.88 bits per heavy atom. The molecule has 1 aliphatic carbocycles. The minimum Gasteiger partial charge on any atom is -0.453 e. The van der Waals surface area contributed by atoms with Crippen molar-refractivity contribution in [2.45, 2.75) is 38.7 Å². The number of hydrogen-bond donors (Lipinski definition) is 3. The number of hydrogen-bond acceptors (Lipinski definition) is 4. The van der Waals surface area contributed by atoms with Crippen LogP contribution in [0.1, 0.15) is 32.6 Å². The molecule has 0 radical (unpaired) electrons. The Morgan fingerprint density at radius 1 is 1.16 bits per heavy atom. The zero-order valence-electron chi connectivity index (χ0n) is 14.8. The van der Waals surface area contributed by atoms with E-state index in [-0.39, 0.29) is 6.03 Å². The van der Waals surface area contributed by atoms with E-state index in [9.17, 15) is 9.59 Å². The summed E-state index contributed by atoms with van der Waals surface area (Å²) in [7, 11) is 1.29. The highest BCUT2D eigenvalue weighted by molar-refractivity contribution is 5.91. The van der Waals surface area contributed by atoms with Gasteiger partial charge in [0, 0.05) is 17.9 Å². The molecule has 1 aromatic carbocycles. The van der Waals surface area contributed by atoms with Gasteiger partial charge in [0.1, 0.15) is 0 Å². The fourth-order valence-corrected chi connectivity index (χ4v) is 2.92. The van der Waals surface area contributed by atoms with E-state index in [2.05, 4.69) is 27.6 Å². The van der Waals surface area contributed by atoms with Crippen molar-refractivity contribution in [2.75, 3.05) is 30.9 Å². The second-order valence-electron chi connectivity index (χ2n) is 6.25. The number of carbonyl (C=O) groups excluding carboxylic acids is 2. The second-order valence-corrected chi connectivity index (χ2v) is 6.25. The standard InChI is InChI=1S/C18H27N3O4/c1-13-6-3-4-9-16(13)25-11-10-19-17(22)20-14-7-5-8-15(12-14)21-18(23)24-2/h5,7-8,12-13,16H,3-4,6,9-11H2,1-2H3,(H,21,23)(H2,19,20,22)/t13-,16+/m1/s1. The SMILES string of the molecule is COC(=O)Nc1cccc(NC(=O)NCCO[C@H]2CCCC[C@H]2C)c1. The van der Waals surface area contributed by atoms with Gasteiger partial charge in [-0.2, -0.15) is 0 Å². The lowest BCUT2D eigenvalue weighted by atomic mass is 9.88. The first-order valence-electron chi connectivity index (χ1n) is 8.70. The van der Waals surface area contributed by atoms with Gasteiger partial charge in [0.05, 0.1) is 19.8 Å². The fraction of sp³-hybridized carbons (Fsp3) is 0.556. The van der Waals surface area contributed by atoms with Crippen molar-refractivity contribution in [3.63, 3.8) is 0 Å². The van der Waals surface area contributed by atoms with Gasteiger partial charge in [0.15, 0.2) is 0 Å². The Morgan fingerprint density at radius 3 is 2.60 bits per heavy atom. The van der Waals surface area contributed by atoms with Crippen LogP contribution in [0.25, 0.3) is 0 Å². The summed E-state index contributed by atoms with van der Waals surface area (Å²) in [6.45, 7) is 3.18. The van der Waals surface area contributed by atoms with Crippen LogP contribution in [0.2, 0.25) is 0 Å². The van der Waals surface area contributed by atoms with Crippen LogP contribution in [-0.2, 0) is 9.47 Å². The van der Waals surface area contributed by atoms with E-state index in [1.807, 2.05) is 0 Å². The lowest BCUT2D eigenvalue weighted by Crippen LogP contribution is -2.34. The number of ether oxygens (including phenoxy) is 2. The molecule has 0 aliphatic heterocycles. The quantitative estimate of drug-likeness (QED) is 0.685. The van der Waals surface area contributed by atoms with E-state index >= 15 is 0 Å². The zero-order valence-corrected chi connectivity index (χ0v) is 14.8. The summed E-state index contributed by atoms with van der Waals surface area (Å²) in [6.07, 6.45) is 4.57. The number of methoxy groups -OCH3 is 1. The molecule has 0 saturated heterocycles. The first kappa shape index (κ1) is 19.1. The molecule has 3 amide bonds. The Kier molecular flexibility index (Phi) is 7.53. The summed E-state index contributed by atoms with van der Waals surface area (Å²) in [5.41, 5.74) is 1.12. The second kappa shape index (κ2) is 9.88. The smallest absolute Gasteiger partial charge is 0.411 e. The average molecular weight is 349 g/mol. The molecule has 2 rings (SSSR count). The predicted molar refractivity (Wildman–Crippen MR) is 96.9 cm³/mol. The van der Waals surface area contributed by atoms with Crippen molar-refractivity contribution in [1.29, 1.82) is 0 Å². The molecule has 2 atom stereocenters. The van der Waals surface area contributed by atoms with Crippen LogP contribution in [0.4, 0.5) is 21.0 Å². The lowest BCUT2D eigenvalue weighted by Gasteiger charge is -2.28. The van der Waals surface area contributed by atoms with Gasteiger partial charge in [0.25, 0.3) is 0 Å². The molecule has 7 nitrogen and oxygen atoms in total. The van der Waals surface area contributed by atoms with Crippen molar-refractivity contribution in [3.8, 4) is 0 Å². The van der Waals surface area contributed by atoms with Crippen molar-refractivity contribution in [1.82, 2.24) is 5.32 Å². The predicted octanol–water partition coefficient (Wildman–Crippen LogP) is 3.58. The van der Waals surface area contributed by atoms with E-state index in [4.69, 9.17) is 4.74 Å². The van der Waals surface area contributed by atoms with E-state index in [1.165, 1.54) is 26.4 Å². The average Bonchev–Trinajstić information content (AvgIpc) is 2.60. The molecule has 1 aromatic rings. The summed E-state index contributed by atoms with van der Waals surface area (Å²) in [5.74, 6) is 0.590. The van der Waals surface area contributed by atoms with Crippen molar-refractivity contribution in [3.05, 3.63) is 24.3 Å². The molecule has 3 N–H and O–H groups in total. The first-order valence-corrected chi connectivity index (χ1v) is 8.70. The third-order valence-electron chi connectivity index (χ3n) is 4.30. The van der Waals surface area contributed by atoms with Gasteiger partial charge in [-0.3, -0.25) is 5.32 Å². The third-order valence-corrected chi connectivity index (χ3v) is 4.30. The van der Waals surface area contributed by atoms with Crippen LogP contribution in [0.15, 0.2) is 24.3 Å². The molecule has 138 valence electrons. The maximum absolute atomic E-state index is 11.9. The molecule has 0 spiro atoms. The maximum Gasteiger partial charge on any atom is 0.411 e. The van der Waals surface area contributed by atoms with Crippen molar-refractivity contribution >= 4 is 23.5 Å².